The van der Waals surface area contributed by atoms with Gasteiger partial charge in [-0.2, -0.15) is 0 Å². The van der Waals surface area contributed by atoms with Crippen LogP contribution in [0, 0.1) is 19.8 Å². The van der Waals surface area contributed by atoms with Gasteiger partial charge in [-0.1, -0.05) is 17.7 Å². The third-order valence-electron chi connectivity index (χ3n) is 2.73. The molecule has 1 aromatic rings. The second-order valence-electron chi connectivity index (χ2n) is 4.30. The molecule has 80 valence electrons. The molecule has 15 heavy (non-hydrogen) atoms. The molecule has 0 aliphatic heterocycles. The van der Waals surface area contributed by atoms with Crippen molar-refractivity contribution in [3.63, 3.8) is 0 Å². The molecule has 1 aromatic carbocycles. The van der Waals surface area contributed by atoms with Crippen LogP contribution in [0.5, 0.6) is 5.75 Å². The SMILES string of the molecule is Cc1ccc(OCC(=O)C2CC2)c(C)c1. The van der Waals surface area contributed by atoms with E-state index in [-0.39, 0.29) is 18.3 Å². The average molecular weight is 204 g/mol. The van der Waals surface area contributed by atoms with Crippen molar-refractivity contribution in [3.8, 4) is 5.75 Å². The van der Waals surface area contributed by atoms with E-state index in [0.29, 0.717) is 0 Å². The van der Waals surface area contributed by atoms with Gasteiger partial charge in [0.15, 0.2) is 5.78 Å². The highest BCUT2D eigenvalue weighted by Crippen LogP contribution is 2.30. The summed E-state index contributed by atoms with van der Waals surface area (Å²) >= 11 is 0. The minimum atomic E-state index is 0.231. The molecule has 1 saturated carbocycles. The molecule has 1 aliphatic carbocycles. The fraction of sp³-hybridized carbons (Fsp3) is 0.462. The van der Waals surface area contributed by atoms with E-state index in [0.717, 1.165) is 24.2 Å². The van der Waals surface area contributed by atoms with Gasteiger partial charge in [0.25, 0.3) is 0 Å². The molecule has 1 fully saturated rings. The van der Waals surface area contributed by atoms with Crippen LogP contribution >= 0.6 is 0 Å². The van der Waals surface area contributed by atoms with Gasteiger partial charge in [-0.15, -0.1) is 0 Å². The molecule has 2 nitrogen and oxygen atoms in total. The van der Waals surface area contributed by atoms with Crippen LogP contribution in [0.15, 0.2) is 18.2 Å². The lowest BCUT2D eigenvalue weighted by molar-refractivity contribution is -0.122. The van der Waals surface area contributed by atoms with Crippen LogP contribution in [0.25, 0.3) is 0 Å². The molecule has 0 unspecified atom stereocenters. The van der Waals surface area contributed by atoms with Gasteiger partial charge in [0, 0.05) is 5.92 Å². The average Bonchev–Trinajstić information content (AvgIpc) is 2.99. The first-order chi connectivity index (χ1) is 7.16. The number of rotatable bonds is 4. The van der Waals surface area contributed by atoms with E-state index >= 15 is 0 Å². The predicted octanol–water partition coefficient (Wildman–Crippen LogP) is 2.66. The summed E-state index contributed by atoms with van der Waals surface area (Å²) in [6, 6.07) is 6.01. The van der Waals surface area contributed by atoms with Crippen molar-refractivity contribution < 1.29 is 9.53 Å². The zero-order valence-corrected chi connectivity index (χ0v) is 9.25. The normalized spacial score (nSPS) is 15.1. The Balaban J connectivity index is 1.95. The molecular weight excluding hydrogens is 188 g/mol. The van der Waals surface area contributed by atoms with Crippen molar-refractivity contribution in [2.24, 2.45) is 5.92 Å². The molecule has 0 spiro atoms. The predicted molar refractivity (Wildman–Crippen MR) is 59.1 cm³/mol. The fourth-order valence-electron chi connectivity index (χ4n) is 1.63. The molecule has 0 aromatic heterocycles. The van der Waals surface area contributed by atoms with Crippen molar-refractivity contribution in [1.82, 2.24) is 0 Å². The molecule has 0 radical (unpaired) electrons. The summed E-state index contributed by atoms with van der Waals surface area (Å²) in [5, 5.41) is 0. The number of benzene rings is 1. The van der Waals surface area contributed by atoms with Crippen LogP contribution < -0.4 is 4.74 Å². The number of Topliss-reactive ketones (excluding diaryl/α,β-unsaturated/α-hetero) is 1. The third kappa shape index (κ3) is 2.58. The molecule has 0 N–H and O–H groups in total. The zero-order chi connectivity index (χ0) is 10.8. The molecule has 0 heterocycles. The van der Waals surface area contributed by atoms with Gasteiger partial charge in [-0.25, -0.2) is 0 Å². The molecule has 0 amide bonds. The number of hydrogen-bond acceptors (Lipinski definition) is 2. The number of carbonyl (C=O) groups excluding carboxylic acids is 1. The summed E-state index contributed by atoms with van der Waals surface area (Å²) in [5.41, 5.74) is 2.31. The molecule has 0 saturated heterocycles. The molecular formula is C13H16O2. The van der Waals surface area contributed by atoms with Gasteiger partial charge in [0.2, 0.25) is 0 Å². The first-order valence-corrected chi connectivity index (χ1v) is 5.39. The largest absolute Gasteiger partial charge is 0.486 e. The topological polar surface area (TPSA) is 26.3 Å². The minimum absolute atomic E-state index is 0.231. The summed E-state index contributed by atoms with van der Waals surface area (Å²) in [6.07, 6.45) is 2.10. The van der Waals surface area contributed by atoms with Crippen molar-refractivity contribution in [2.75, 3.05) is 6.61 Å². The number of ether oxygens (including phenoxy) is 1. The quantitative estimate of drug-likeness (QED) is 0.753. The standard InChI is InChI=1S/C13H16O2/c1-9-3-6-13(10(2)7-9)15-8-12(14)11-4-5-11/h3,6-7,11H,4-5,8H2,1-2H3. The van der Waals surface area contributed by atoms with Crippen LogP contribution in [0.1, 0.15) is 24.0 Å². The molecule has 1 aliphatic rings. The van der Waals surface area contributed by atoms with E-state index < -0.39 is 0 Å². The lowest BCUT2D eigenvalue weighted by Crippen LogP contribution is -2.13. The van der Waals surface area contributed by atoms with Gasteiger partial charge in [-0.05, 0) is 38.3 Å². The minimum Gasteiger partial charge on any atom is -0.486 e. The first-order valence-electron chi connectivity index (χ1n) is 5.39. The van der Waals surface area contributed by atoms with Gasteiger partial charge < -0.3 is 4.74 Å². The van der Waals surface area contributed by atoms with Crippen LogP contribution in [0.2, 0.25) is 0 Å². The summed E-state index contributed by atoms with van der Waals surface area (Å²) in [5.74, 6) is 1.36. The van der Waals surface area contributed by atoms with Crippen LogP contribution in [-0.2, 0) is 4.79 Å². The number of aryl methyl sites for hydroxylation is 2. The highest BCUT2D eigenvalue weighted by atomic mass is 16.5. The Hall–Kier alpha value is -1.31. The van der Waals surface area contributed by atoms with E-state index in [1.807, 2.05) is 26.0 Å². The van der Waals surface area contributed by atoms with Crippen molar-refractivity contribution in [2.45, 2.75) is 26.7 Å². The smallest absolute Gasteiger partial charge is 0.173 e. The zero-order valence-electron chi connectivity index (χ0n) is 9.25. The van der Waals surface area contributed by atoms with Gasteiger partial charge >= 0.3 is 0 Å². The Kier molecular flexibility index (Phi) is 2.76. The van der Waals surface area contributed by atoms with E-state index in [9.17, 15) is 4.79 Å². The highest BCUT2D eigenvalue weighted by molar-refractivity contribution is 5.84. The van der Waals surface area contributed by atoms with Gasteiger partial charge in [-0.3, -0.25) is 4.79 Å². The Morgan fingerprint density at radius 2 is 2.13 bits per heavy atom. The van der Waals surface area contributed by atoms with Gasteiger partial charge in [0.05, 0.1) is 0 Å². The fourth-order valence-corrected chi connectivity index (χ4v) is 1.63. The summed E-state index contributed by atoms with van der Waals surface area (Å²) in [7, 11) is 0. The van der Waals surface area contributed by atoms with Crippen molar-refractivity contribution in [1.29, 1.82) is 0 Å². The Bertz CT molecular complexity index is 378. The van der Waals surface area contributed by atoms with E-state index in [1.165, 1.54) is 5.56 Å². The first kappa shape index (κ1) is 10.2. The monoisotopic (exact) mass is 204 g/mol. The number of carbonyl (C=O) groups is 1. The van der Waals surface area contributed by atoms with Crippen molar-refractivity contribution >= 4 is 5.78 Å². The molecule has 0 bridgehead atoms. The Morgan fingerprint density at radius 3 is 2.73 bits per heavy atom. The lowest BCUT2D eigenvalue weighted by Gasteiger charge is -2.08. The maximum absolute atomic E-state index is 11.4. The maximum Gasteiger partial charge on any atom is 0.173 e. The third-order valence-corrected chi connectivity index (χ3v) is 2.73. The van der Waals surface area contributed by atoms with Crippen LogP contribution in [0.3, 0.4) is 0 Å². The van der Waals surface area contributed by atoms with Crippen molar-refractivity contribution in [3.05, 3.63) is 29.3 Å². The summed E-state index contributed by atoms with van der Waals surface area (Å²) < 4.78 is 5.51. The van der Waals surface area contributed by atoms with Crippen LogP contribution in [-0.4, -0.2) is 12.4 Å². The molecule has 2 heteroatoms. The van der Waals surface area contributed by atoms with E-state index in [1.54, 1.807) is 0 Å². The maximum atomic E-state index is 11.4. The van der Waals surface area contributed by atoms with Gasteiger partial charge in [0.1, 0.15) is 12.4 Å². The molecule has 0 atom stereocenters. The summed E-state index contributed by atoms with van der Waals surface area (Å²) in [6.45, 7) is 4.28. The van der Waals surface area contributed by atoms with E-state index in [4.69, 9.17) is 4.74 Å². The Morgan fingerprint density at radius 1 is 1.40 bits per heavy atom. The number of hydrogen-bond donors (Lipinski definition) is 0. The summed E-state index contributed by atoms with van der Waals surface area (Å²) in [4.78, 5) is 11.4. The highest BCUT2D eigenvalue weighted by Gasteiger charge is 2.29. The lowest BCUT2D eigenvalue weighted by atomic mass is 10.1. The Labute approximate surface area is 90.3 Å². The van der Waals surface area contributed by atoms with Crippen LogP contribution in [0.4, 0.5) is 0 Å². The second-order valence-corrected chi connectivity index (χ2v) is 4.30. The second kappa shape index (κ2) is 4.05. The van der Waals surface area contributed by atoms with E-state index in [2.05, 4.69) is 6.07 Å². The number of ketones is 1. The molecule has 2 rings (SSSR count).